The van der Waals surface area contributed by atoms with E-state index in [-0.39, 0.29) is 6.61 Å². The highest BCUT2D eigenvalue weighted by Crippen LogP contribution is 1.82. The van der Waals surface area contributed by atoms with Crippen molar-refractivity contribution in [3.63, 3.8) is 0 Å². The van der Waals surface area contributed by atoms with E-state index >= 15 is 0 Å². The minimum atomic E-state index is -1.60. The molecule has 0 saturated carbocycles. The van der Waals surface area contributed by atoms with Gasteiger partial charge in [-0.3, -0.25) is 10.1 Å². The van der Waals surface area contributed by atoms with Crippen LogP contribution in [0.4, 0.5) is 4.79 Å². The van der Waals surface area contributed by atoms with Crippen molar-refractivity contribution in [1.82, 2.24) is 0 Å². The Balaban J connectivity index is 3.39. The summed E-state index contributed by atoms with van der Waals surface area (Å²) in [4.78, 5) is 25.7. The lowest BCUT2D eigenvalue weighted by atomic mass is 10.9. The van der Waals surface area contributed by atoms with Gasteiger partial charge in [-0.2, -0.15) is 9.68 Å². The Morgan fingerprint density at radius 1 is 1.78 bits per heavy atom. The lowest BCUT2D eigenvalue weighted by Gasteiger charge is -1.90. The summed E-state index contributed by atoms with van der Waals surface area (Å²) in [6.45, 7) is 1.63. The van der Waals surface area contributed by atoms with E-state index in [2.05, 4.69) is 9.78 Å². The van der Waals surface area contributed by atoms with Gasteiger partial charge in [0.25, 0.3) is 0 Å². The fraction of sp³-hybridized carbons (Fsp3) is 0.667. The van der Waals surface area contributed by atoms with Crippen LogP contribution in [0.5, 0.6) is 0 Å². The van der Waals surface area contributed by atoms with Crippen LogP contribution in [0.3, 0.4) is 0 Å². The summed E-state index contributed by atoms with van der Waals surface area (Å²) >= 11 is 0. The fourth-order valence-corrected chi connectivity index (χ4v) is 0.140. The Morgan fingerprint density at radius 3 is 2.67 bits per heavy atom. The molecular weight excluding hydrogens is 130 g/mol. The average molecular weight is 135 g/mol. The SMILES string of the molecule is CCOOC(=O)[N+](=O)[O-]. The minimum Gasteiger partial charge on any atom is -0.253 e. The van der Waals surface area contributed by atoms with Gasteiger partial charge in [-0.25, -0.2) is 4.89 Å². The third kappa shape index (κ3) is 3.42. The summed E-state index contributed by atoms with van der Waals surface area (Å²) in [7, 11) is 0. The Kier molecular flexibility index (Phi) is 3.29. The van der Waals surface area contributed by atoms with Gasteiger partial charge in [-0.05, 0) is 6.92 Å². The van der Waals surface area contributed by atoms with Crippen molar-refractivity contribution < 1.29 is 19.5 Å². The molecule has 0 atom stereocenters. The first-order chi connectivity index (χ1) is 4.18. The number of nitro groups is 1. The van der Waals surface area contributed by atoms with Gasteiger partial charge in [-0.1, -0.05) is 0 Å². The molecule has 0 aromatic rings. The van der Waals surface area contributed by atoms with Crippen LogP contribution in [0.15, 0.2) is 0 Å². The summed E-state index contributed by atoms with van der Waals surface area (Å²) in [6, 6.07) is 0. The van der Waals surface area contributed by atoms with Crippen molar-refractivity contribution in [2.45, 2.75) is 6.92 Å². The van der Waals surface area contributed by atoms with Gasteiger partial charge in [0.15, 0.2) is 0 Å². The zero-order chi connectivity index (χ0) is 7.28. The van der Waals surface area contributed by atoms with E-state index in [9.17, 15) is 14.9 Å². The number of carbonyl (C=O) groups excluding carboxylic acids is 1. The van der Waals surface area contributed by atoms with E-state index in [0.717, 1.165) is 0 Å². The molecule has 9 heavy (non-hydrogen) atoms. The number of hydrogen-bond acceptors (Lipinski definition) is 5. The van der Waals surface area contributed by atoms with Crippen molar-refractivity contribution in [1.29, 1.82) is 0 Å². The van der Waals surface area contributed by atoms with Gasteiger partial charge in [0.05, 0.1) is 6.61 Å². The van der Waals surface area contributed by atoms with E-state index < -0.39 is 11.0 Å². The van der Waals surface area contributed by atoms with Gasteiger partial charge < -0.3 is 0 Å². The first kappa shape index (κ1) is 7.83. The van der Waals surface area contributed by atoms with Crippen LogP contribution in [0.2, 0.25) is 0 Å². The van der Waals surface area contributed by atoms with Gasteiger partial charge >= 0.3 is 6.09 Å². The maximum Gasteiger partial charge on any atom is 0.688 e. The molecule has 0 aromatic carbocycles. The first-order valence-electron chi connectivity index (χ1n) is 2.16. The van der Waals surface area contributed by atoms with Crippen molar-refractivity contribution >= 4 is 6.09 Å². The standard InChI is InChI=1S/C3H5NO5/c1-2-8-9-3(5)4(6)7/h2H2,1H3. The number of rotatable bonds is 2. The van der Waals surface area contributed by atoms with Gasteiger partial charge in [-0.15, -0.1) is 0 Å². The van der Waals surface area contributed by atoms with Gasteiger partial charge in [0.2, 0.25) is 0 Å². The molecular formula is C3H5NO5. The van der Waals surface area contributed by atoms with Crippen molar-refractivity contribution in [3.05, 3.63) is 10.1 Å². The Labute approximate surface area is 50.4 Å². The van der Waals surface area contributed by atoms with Crippen LogP contribution in [0.25, 0.3) is 0 Å². The highest BCUT2D eigenvalue weighted by molar-refractivity contribution is 5.56. The number of carbonyl (C=O) groups is 1. The van der Waals surface area contributed by atoms with E-state index in [0.29, 0.717) is 0 Å². The zero-order valence-electron chi connectivity index (χ0n) is 4.70. The number of nitrogens with zero attached hydrogens (tertiary/aromatic N) is 1. The predicted molar refractivity (Wildman–Crippen MR) is 25.1 cm³/mol. The molecule has 0 aliphatic rings. The van der Waals surface area contributed by atoms with Crippen LogP contribution in [0, 0.1) is 10.1 Å². The quantitative estimate of drug-likeness (QED) is 0.310. The Hall–Kier alpha value is -1.17. The van der Waals surface area contributed by atoms with Crippen LogP contribution >= 0.6 is 0 Å². The van der Waals surface area contributed by atoms with Gasteiger partial charge in [0, 0.05) is 0 Å². The second-order valence-electron chi connectivity index (χ2n) is 1.01. The largest absolute Gasteiger partial charge is 0.688 e. The maximum atomic E-state index is 9.86. The molecule has 6 nitrogen and oxygen atoms in total. The molecule has 0 aromatic heterocycles. The molecule has 0 fully saturated rings. The summed E-state index contributed by atoms with van der Waals surface area (Å²) in [5.41, 5.74) is 0. The van der Waals surface area contributed by atoms with Crippen molar-refractivity contribution in [2.24, 2.45) is 0 Å². The molecule has 0 rings (SSSR count). The molecule has 0 aliphatic carbocycles. The molecule has 0 radical (unpaired) electrons. The number of hydrogen-bond donors (Lipinski definition) is 0. The van der Waals surface area contributed by atoms with E-state index in [1.807, 2.05) is 0 Å². The smallest absolute Gasteiger partial charge is 0.253 e. The third-order valence-electron chi connectivity index (χ3n) is 0.397. The van der Waals surface area contributed by atoms with Crippen LogP contribution < -0.4 is 0 Å². The number of amides is 1. The Bertz CT molecular complexity index is 121. The van der Waals surface area contributed by atoms with Crippen LogP contribution in [-0.4, -0.2) is 17.6 Å². The molecule has 0 saturated heterocycles. The topological polar surface area (TPSA) is 78.7 Å². The average Bonchev–Trinajstić information content (AvgIpc) is 1.82. The molecule has 52 valence electrons. The molecule has 6 heteroatoms. The van der Waals surface area contributed by atoms with E-state index in [4.69, 9.17) is 0 Å². The second kappa shape index (κ2) is 3.79. The predicted octanol–water partition coefficient (Wildman–Crippen LogP) is 0.351. The molecule has 0 heterocycles. The molecule has 0 spiro atoms. The Morgan fingerprint density at radius 2 is 2.33 bits per heavy atom. The third-order valence-corrected chi connectivity index (χ3v) is 0.397. The first-order valence-corrected chi connectivity index (χ1v) is 2.16. The second-order valence-corrected chi connectivity index (χ2v) is 1.01. The molecule has 0 bridgehead atoms. The summed E-state index contributed by atoms with van der Waals surface area (Å²) < 4.78 is 0. The normalized spacial score (nSPS) is 8.56. The lowest BCUT2D eigenvalue weighted by Crippen LogP contribution is -2.13. The highest BCUT2D eigenvalue weighted by Gasteiger charge is 2.17. The molecule has 0 N–H and O–H groups in total. The molecule has 1 amide bonds. The fourth-order valence-electron chi connectivity index (χ4n) is 0.140. The van der Waals surface area contributed by atoms with Gasteiger partial charge in [0.1, 0.15) is 4.92 Å². The maximum absolute atomic E-state index is 9.86. The van der Waals surface area contributed by atoms with Crippen LogP contribution in [-0.2, 0) is 9.78 Å². The minimum absolute atomic E-state index is 0.0968. The van der Waals surface area contributed by atoms with Crippen LogP contribution in [0.1, 0.15) is 6.92 Å². The van der Waals surface area contributed by atoms with Crippen molar-refractivity contribution in [2.75, 3.05) is 6.61 Å². The molecule has 0 unspecified atom stereocenters. The summed E-state index contributed by atoms with van der Waals surface area (Å²) in [6.07, 6.45) is -1.60. The monoisotopic (exact) mass is 135 g/mol. The van der Waals surface area contributed by atoms with E-state index in [1.165, 1.54) is 6.92 Å². The summed E-state index contributed by atoms with van der Waals surface area (Å²) in [5, 5.41) is 9.46. The zero-order valence-corrected chi connectivity index (χ0v) is 4.70. The lowest BCUT2D eigenvalue weighted by molar-refractivity contribution is -0.434. The van der Waals surface area contributed by atoms with E-state index in [1.54, 1.807) is 0 Å². The molecule has 0 aliphatic heterocycles. The van der Waals surface area contributed by atoms with Crippen molar-refractivity contribution in [3.8, 4) is 0 Å². The highest BCUT2D eigenvalue weighted by atomic mass is 17.2. The summed E-state index contributed by atoms with van der Waals surface area (Å²) in [5.74, 6) is 0.